The lowest BCUT2D eigenvalue weighted by Crippen LogP contribution is -2.04. The van der Waals surface area contributed by atoms with Gasteiger partial charge in [-0.25, -0.2) is 0 Å². The Labute approximate surface area is 137 Å². The summed E-state index contributed by atoms with van der Waals surface area (Å²) in [6, 6.07) is 13.2. The first-order chi connectivity index (χ1) is 10.7. The molecule has 3 nitrogen and oxygen atoms in total. The maximum atomic E-state index is 12.2. The molecule has 1 aliphatic rings. The van der Waals surface area contributed by atoms with Crippen molar-refractivity contribution in [2.24, 2.45) is 0 Å². The fraction of sp³-hybridized carbons (Fsp3) is 0.0556. The second-order valence-electron chi connectivity index (χ2n) is 4.73. The standard InChI is InChI=1S/C18H12BrNO2/c1-2-9-22-17-8-7-13(19)10-12(17)11-15-14-5-3-4-6-16(14)20-18(15)21/h1,3-8,10-11H,9H2,(H,20,21). The van der Waals surface area contributed by atoms with Gasteiger partial charge in [0.15, 0.2) is 0 Å². The molecule has 1 N–H and O–H groups in total. The number of ether oxygens (including phenoxy) is 1. The normalized spacial score (nSPS) is 14.4. The van der Waals surface area contributed by atoms with Crippen LogP contribution in [0.3, 0.4) is 0 Å². The molecule has 0 fully saturated rings. The van der Waals surface area contributed by atoms with Crippen LogP contribution >= 0.6 is 15.9 Å². The van der Waals surface area contributed by atoms with Crippen LogP contribution in [0, 0.1) is 12.3 Å². The zero-order valence-electron chi connectivity index (χ0n) is 11.6. The molecule has 0 atom stereocenters. The zero-order valence-corrected chi connectivity index (χ0v) is 13.2. The third-order valence-electron chi connectivity index (χ3n) is 3.29. The van der Waals surface area contributed by atoms with Crippen LogP contribution in [0.4, 0.5) is 5.69 Å². The molecule has 2 aromatic rings. The Balaban J connectivity index is 2.07. The molecule has 3 rings (SSSR count). The average molecular weight is 354 g/mol. The van der Waals surface area contributed by atoms with Gasteiger partial charge in [0.1, 0.15) is 12.4 Å². The lowest BCUT2D eigenvalue weighted by atomic mass is 10.0. The predicted molar refractivity (Wildman–Crippen MR) is 91.4 cm³/mol. The predicted octanol–water partition coefficient (Wildman–Crippen LogP) is 3.95. The molecule has 1 aliphatic heterocycles. The van der Waals surface area contributed by atoms with Gasteiger partial charge >= 0.3 is 0 Å². The van der Waals surface area contributed by atoms with Crippen molar-refractivity contribution in [2.45, 2.75) is 0 Å². The second kappa shape index (κ2) is 6.08. The third kappa shape index (κ3) is 2.76. The number of amides is 1. The van der Waals surface area contributed by atoms with E-state index >= 15 is 0 Å². The molecule has 0 saturated carbocycles. The summed E-state index contributed by atoms with van der Waals surface area (Å²) in [4.78, 5) is 12.2. The number of terminal acetylenes is 1. The zero-order chi connectivity index (χ0) is 15.5. The molecule has 0 bridgehead atoms. The summed E-state index contributed by atoms with van der Waals surface area (Å²) in [6.07, 6.45) is 7.06. The van der Waals surface area contributed by atoms with Gasteiger partial charge in [0.05, 0.1) is 0 Å². The topological polar surface area (TPSA) is 38.3 Å². The van der Waals surface area contributed by atoms with Gasteiger partial charge in [-0.1, -0.05) is 40.0 Å². The van der Waals surface area contributed by atoms with Crippen LogP contribution in [0.2, 0.25) is 0 Å². The first-order valence-corrected chi connectivity index (χ1v) is 7.46. The van der Waals surface area contributed by atoms with Gasteiger partial charge in [0.2, 0.25) is 0 Å². The highest BCUT2D eigenvalue weighted by atomic mass is 79.9. The first-order valence-electron chi connectivity index (χ1n) is 6.67. The fourth-order valence-electron chi connectivity index (χ4n) is 2.32. The Kier molecular flexibility index (Phi) is 3.99. The molecule has 0 aliphatic carbocycles. The van der Waals surface area contributed by atoms with Crippen molar-refractivity contribution in [3.05, 3.63) is 58.1 Å². The van der Waals surface area contributed by atoms with Gasteiger partial charge in [-0.15, -0.1) is 6.42 Å². The van der Waals surface area contributed by atoms with Gasteiger partial charge in [-0.3, -0.25) is 4.79 Å². The highest BCUT2D eigenvalue weighted by Crippen LogP contribution is 2.35. The molecule has 0 spiro atoms. The Morgan fingerprint density at radius 1 is 1.27 bits per heavy atom. The number of nitrogens with one attached hydrogen (secondary N) is 1. The van der Waals surface area contributed by atoms with Gasteiger partial charge in [0, 0.05) is 26.9 Å². The molecule has 0 aromatic heterocycles. The minimum Gasteiger partial charge on any atom is -0.480 e. The molecule has 4 heteroatoms. The largest absolute Gasteiger partial charge is 0.480 e. The van der Waals surface area contributed by atoms with E-state index in [1.165, 1.54) is 0 Å². The van der Waals surface area contributed by atoms with Crippen LogP contribution in [0.25, 0.3) is 11.6 Å². The van der Waals surface area contributed by atoms with Crippen LogP contribution < -0.4 is 10.1 Å². The molecule has 0 unspecified atom stereocenters. The minimum atomic E-state index is -0.121. The molecule has 0 saturated heterocycles. The number of fused-ring (bicyclic) bond motifs is 1. The highest BCUT2D eigenvalue weighted by molar-refractivity contribution is 9.10. The van der Waals surface area contributed by atoms with E-state index in [1.807, 2.05) is 48.5 Å². The van der Waals surface area contributed by atoms with Crippen LogP contribution in [0.5, 0.6) is 5.75 Å². The van der Waals surface area contributed by atoms with Crippen molar-refractivity contribution in [2.75, 3.05) is 11.9 Å². The Morgan fingerprint density at radius 3 is 2.91 bits per heavy atom. The van der Waals surface area contributed by atoms with E-state index < -0.39 is 0 Å². The number of carbonyl (C=O) groups excluding carboxylic acids is 1. The fourth-order valence-corrected chi connectivity index (χ4v) is 2.70. The number of hydrogen-bond acceptors (Lipinski definition) is 2. The van der Waals surface area contributed by atoms with Crippen LogP contribution in [0.15, 0.2) is 46.9 Å². The maximum Gasteiger partial charge on any atom is 0.256 e. The molecule has 0 radical (unpaired) electrons. The van der Waals surface area contributed by atoms with Crippen LogP contribution in [-0.2, 0) is 4.79 Å². The van der Waals surface area contributed by atoms with E-state index in [4.69, 9.17) is 11.2 Å². The summed E-state index contributed by atoms with van der Waals surface area (Å²) in [5.41, 5.74) is 3.11. The maximum absolute atomic E-state index is 12.2. The summed E-state index contributed by atoms with van der Waals surface area (Å²) in [5, 5.41) is 2.85. The van der Waals surface area contributed by atoms with Gasteiger partial charge in [0.25, 0.3) is 5.91 Å². The van der Waals surface area contributed by atoms with E-state index in [2.05, 4.69) is 27.2 Å². The Bertz CT molecular complexity index is 818. The monoisotopic (exact) mass is 353 g/mol. The smallest absolute Gasteiger partial charge is 0.256 e. The average Bonchev–Trinajstić information content (AvgIpc) is 2.83. The van der Waals surface area contributed by atoms with Crippen molar-refractivity contribution in [3.8, 4) is 18.1 Å². The number of anilines is 1. The van der Waals surface area contributed by atoms with Gasteiger partial charge in [-0.05, 0) is 30.3 Å². The highest BCUT2D eigenvalue weighted by Gasteiger charge is 2.23. The van der Waals surface area contributed by atoms with Crippen molar-refractivity contribution < 1.29 is 9.53 Å². The number of halogens is 1. The van der Waals surface area contributed by atoms with Crippen LogP contribution in [-0.4, -0.2) is 12.5 Å². The summed E-state index contributed by atoms with van der Waals surface area (Å²) in [5.74, 6) is 2.97. The summed E-state index contributed by atoms with van der Waals surface area (Å²) < 4.78 is 6.44. The summed E-state index contributed by atoms with van der Waals surface area (Å²) >= 11 is 3.44. The summed E-state index contributed by atoms with van der Waals surface area (Å²) in [7, 11) is 0. The molecular formula is C18H12BrNO2. The minimum absolute atomic E-state index is 0.121. The number of rotatable bonds is 3. The number of carbonyl (C=O) groups is 1. The lowest BCUT2D eigenvalue weighted by Gasteiger charge is -2.08. The van der Waals surface area contributed by atoms with E-state index in [9.17, 15) is 4.79 Å². The number of benzene rings is 2. The Hall–Kier alpha value is -2.51. The van der Waals surface area contributed by atoms with E-state index in [1.54, 1.807) is 0 Å². The molecule has 2 aromatic carbocycles. The van der Waals surface area contributed by atoms with Crippen molar-refractivity contribution in [1.82, 2.24) is 0 Å². The van der Waals surface area contributed by atoms with E-state index in [0.29, 0.717) is 11.3 Å². The van der Waals surface area contributed by atoms with Crippen LogP contribution in [0.1, 0.15) is 11.1 Å². The number of hydrogen-bond donors (Lipinski definition) is 1. The second-order valence-corrected chi connectivity index (χ2v) is 5.65. The van der Waals surface area contributed by atoms with Crippen molar-refractivity contribution in [3.63, 3.8) is 0 Å². The van der Waals surface area contributed by atoms with Gasteiger partial charge < -0.3 is 10.1 Å². The summed E-state index contributed by atoms with van der Waals surface area (Å²) in [6.45, 7) is 0.181. The van der Waals surface area contributed by atoms with Gasteiger partial charge in [-0.2, -0.15) is 0 Å². The molecular weight excluding hydrogens is 342 g/mol. The number of para-hydroxylation sites is 1. The molecule has 22 heavy (non-hydrogen) atoms. The quantitative estimate of drug-likeness (QED) is 0.670. The van der Waals surface area contributed by atoms with Crippen molar-refractivity contribution >= 4 is 39.2 Å². The van der Waals surface area contributed by atoms with Crippen molar-refractivity contribution in [1.29, 1.82) is 0 Å². The third-order valence-corrected chi connectivity index (χ3v) is 3.79. The van der Waals surface area contributed by atoms with E-state index in [-0.39, 0.29) is 12.5 Å². The first kappa shape index (κ1) is 14.4. The SMILES string of the molecule is C#CCOc1ccc(Br)cc1C=C1C(=O)Nc2ccccc21. The molecule has 1 amide bonds. The molecule has 1 heterocycles. The lowest BCUT2D eigenvalue weighted by molar-refractivity contribution is -0.110. The molecule has 108 valence electrons. The Morgan fingerprint density at radius 2 is 2.09 bits per heavy atom. The van der Waals surface area contributed by atoms with E-state index in [0.717, 1.165) is 21.3 Å².